The summed E-state index contributed by atoms with van der Waals surface area (Å²) >= 11 is 1.38. The van der Waals surface area contributed by atoms with Crippen LogP contribution in [0.1, 0.15) is 56.2 Å². The molecule has 0 bridgehead atoms. The molecule has 1 saturated carbocycles. The fraction of sp³-hybridized carbons (Fsp3) is 0.533. The molecule has 4 fully saturated rings. The molecule has 1 aromatic carbocycles. The quantitative estimate of drug-likeness (QED) is 0.124. The second kappa shape index (κ2) is 14.3. The van der Waals surface area contributed by atoms with Gasteiger partial charge in [-0.1, -0.05) is 35.5 Å². The van der Waals surface area contributed by atoms with Gasteiger partial charge in [0.2, 0.25) is 11.8 Å². The minimum Gasteiger partial charge on any atom is -0.550 e. The molecule has 0 spiro atoms. The number of hydrogen-bond acceptors (Lipinski definition) is 14. The topological polar surface area (TPSA) is 261 Å². The van der Waals surface area contributed by atoms with Crippen LogP contribution in [0.5, 0.6) is 0 Å². The molecule has 1 aromatic heterocycles. The largest absolute Gasteiger partial charge is 1.00 e. The third-order valence-electron chi connectivity index (χ3n) is 9.41. The summed E-state index contributed by atoms with van der Waals surface area (Å²) in [7, 11) is -3.92. The zero-order chi connectivity index (χ0) is 36.2. The Morgan fingerprint density at radius 3 is 2.38 bits per heavy atom. The number of amides is 2. The van der Waals surface area contributed by atoms with Crippen LogP contribution in [0.25, 0.3) is 0 Å². The van der Waals surface area contributed by atoms with Crippen molar-refractivity contribution >= 4 is 57.1 Å². The summed E-state index contributed by atoms with van der Waals surface area (Å²) in [6, 6.07) is 6.38. The summed E-state index contributed by atoms with van der Waals surface area (Å²) < 4.78 is 29.0. The van der Waals surface area contributed by atoms with Crippen LogP contribution in [0.15, 0.2) is 36.5 Å². The zero-order valence-corrected chi connectivity index (χ0v) is 31.5. The molecule has 3 aliphatic heterocycles. The maximum absolute atomic E-state index is 12.8. The number of fused-ring (bicyclic) bond motifs is 2. The van der Waals surface area contributed by atoms with Crippen molar-refractivity contribution < 1.29 is 81.7 Å². The number of rotatable bonds is 9. The molecule has 0 radical (unpaired) electrons. The minimum atomic E-state index is -3.92. The van der Waals surface area contributed by atoms with Gasteiger partial charge in [0.1, 0.15) is 29.3 Å². The van der Waals surface area contributed by atoms with Gasteiger partial charge in [0, 0.05) is 29.0 Å². The van der Waals surface area contributed by atoms with E-state index >= 15 is 0 Å². The molecule has 264 valence electrons. The van der Waals surface area contributed by atoms with Crippen LogP contribution in [0.2, 0.25) is 0 Å². The van der Waals surface area contributed by atoms with Gasteiger partial charge in [0.05, 0.1) is 29.3 Å². The fourth-order valence-corrected chi connectivity index (χ4v) is 11.2. The molecule has 17 nitrogen and oxygen atoms in total. The summed E-state index contributed by atoms with van der Waals surface area (Å²) in [6.07, 6.45) is 1.00. The molecule has 20 heteroatoms. The summed E-state index contributed by atoms with van der Waals surface area (Å²) in [5.41, 5.74) is 6.47. The number of carboxylic acid groups (broad SMARTS) is 2. The van der Waals surface area contributed by atoms with Gasteiger partial charge < -0.3 is 35.7 Å². The van der Waals surface area contributed by atoms with Gasteiger partial charge >= 0.3 is 41.5 Å². The number of ketones is 1. The van der Waals surface area contributed by atoms with E-state index < -0.39 is 84.1 Å². The van der Waals surface area contributed by atoms with Crippen molar-refractivity contribution in [2.75, 3.05) is 6.61 Å². The molecular weight excluding hydrogens is 707 g/mol. The number of thioether (sulfide) groups is 1. The van der Waals surface area contributed by atoms with E-state index in [2.05, 4.69) is 15.6 Å². The number of carboxylic acids is 2. The third kappa shape index (κ3) is 6.58. The number of β-lactam (4-membered cyclic amide) rings is 1. The van der Waals surface area contributed by atoms with Crippen molar-refractivity contribution in [3.05, 3.63) is 47.8 Å². The van der Waals surface area contributed by atoms with Gasteiger partial charge in [-0.15, -0.1) is 16.9 Å². The molecule has 6 rings (SSSR count). The molecule has 50 heavy (non-hydrogen) atoms. The normalized spacial score (nSPS) is 30.1. The number of esters is 1. The first-order valence-corrected chi connectivity index (χ1v) is 17.7. The molecule has 1 aliphatic carbocycles. The molecule has 2 amide bonds. The molecule has 2 aromatic rings. The number of aromatic nitrogens is 3. The second-order valence-electron chi connectivity index (χ2n) is 12.9. The van der Waals surface area contributed by atoms with Crippen LogP contribution in [0.4, 0.5) is 0 Å². The summed E-state index contributed by atoms with van der Waals surface area (Å²) in [6.45, 7) is 6.23. The van der Waals surface area contributed by atoms with E-state index in [4.69, 9.17) is 10.5 Å². The Morgan fingerprint density at radius 2 is 1.82 bits per heavy atom. The summed E-state index contributed by atoms with van der Waals surface area (Å²) in [5, 5.41) is 29.5. The second-order valence-corrected chi connectivity index (χ2v) is 17.3. The number of benzene rings is 1. The number of sulfone groups is 1. The molecule has 8 atom stereocenters. The number of nitrogens with one attached hydrogen (secondary N) is 1. The van der Waals surface area contributed by atoms with Crippen LogP contribution in [-0.4, -0.2) is 108 Å². The fourth-order valence-electron chi connectivity index (χ4n) is 6.89. The van der Waals surface area contributed by atoms with Gasteiger partial charge in [-0.25, -0.2) is 18.0 Å². The number of Topliss-reactive ketones (excluding diaryl/α,β-unsaturated/α-hetero) is 1. The predicted octanol–water partition coefficient (Wildman–Crippen LogP) is -4.71. The van der Waals surface area contributed by atoms with Crippen LogP contribution >= 0.6 is 11.8 Å². The van der Waals surface area contributed by atoms with E-state index in [9.17, 15) is 47.4 Å². The van der Waals surface area contributed by atoms with Gasteiger partial charge in [-0.3, -0.25) is 19.1 Å². The first-order valence-electron chi connectivity index (χ1n) is 15.2. The Bertz CT molecular complexity index is 1820. The Hall–Kier alpha value is -3.36. The molecule has 4 aliphatic rings. The Kier molecular flexibility index (Phi) is 11.3. The number of aliphatic carboxylic acids is 2. The van der Waals surface area contributed by atoms with Crippen molar-refractivity contribution in [1.82, 2.24) is 25.2 Å². The van der Waals surface area contributed by atoms with E-state index in [1.165, 1.54) is 29.8 Å². The average Bonchev–Trinajstić information content (AvgIpc) is 3.64. The maximum atomic E-state index is 12.8. The molecule has 4 N–H and O–H groups in total. The molecule has 3 saturated heterocycles. The Labute approximate surface area is 313 Å². The van der Waals surface area contributed by atoms with Crippen LogP contribution in [-0.2, 0) is 45.1 Å². The Balaban J connectivity index is 0.000000220. The zero-order valence-electron chi connectivity index (χ0n) is 27.8. The number of nitrogens with zero attached hydrogens (tertiary/aromatic N) is 4. The van der Waals surface area contributed by atoms with Crippen LogP contribution in [0, 0.1) is 11.8 Å². The van der Waals surface area contributed by atoms with E-state index in [-0.39, 0.29) is 66.1 Å². The molecule has 3 unspecified atom stereocenters. The minimum absolute atomic E-state index is 0. The van der Waals surface area contributed by atoms with Gasteiger partial charge in [-0.2, -0.15) is 0 Å². The van der Waals surface area contributed by atoms with E-state index in [0.717, 1.165) is 4.68 Å². The predicted molar refractivity (Wildman–Crippen MR) is 168 cm³/mol. The van der Waals surface area contributed by atoms with Crippen LogP contribution in [0.3, 0.4) is 0 Å². The van der Waals surface area contributed by atoms with Crippen molar-refractivity contribution in [1.29, 1.82) is 0 Å². The number of nitrogens with two attached hydrogens (primary N) is 1. The average molecular weight is 743 g/mol. The first-order chi connectivity index (χ1) is 22.9. The van der Waals surface area contributed by atoms with Crippen molar-refractivity contribution in [2.45, 2.75) is 78.9 Å². The number of ether oxygens (including phenoxy) is 1. The number of carbonyl (C=O) groups excluding carboxylic acids is 5. The Morgan fingerprint density at radius 1 is 1.18 bits per heavy atom. The van der Waals surface area contributed by atoms with Gasteiger partial charge in [-0.05, 0) is 33.3 Å². The molecule has 4 heterocycles. The van der Waals surface area contributed by atoms with Crippen LogP contribution < -0.4 is 45.7 Å². The van der Waals surface area contributed by atoms with Gasteiger partial charge in [0.15, 0.2) is 15.5 Å². The first kappa shape index (κ1) is 39.4. The smallest absolute Gasteiger partial charge is 0.550 e. The summed E-state index contributed by atoms with van der Waals surface area (Å²) in [4.78, 5) is 72.4. The maximum Gasteiger partial charge on any atom is 1.00 e. The van der Waals surface area contributed by atoms with Gasteiger partial charge in [0.25, 0.3) is 0 Å². The third-order valence-corrected chi connectivity index (χ3v) is 13.9. The number of hydrogen-bond donors (Lipinski definition) is 3. The SMILES string of the molecule is CC1(C)S[C@@H]2[C@H](NC(=O)C(N)c3ccccc3)C(=O)N2[C@H]1C(=O)O.CCOC(=O)c1cn(C[C@@]2(C)[C@H](C(=O)[O-])C3C(=O)CC3S2(=O)=O)nn1.[Na+]. The van der Waals surface area contributed by atoms with Crippen molar-refractivity contribution in [2.24, 2.45) is 17.6 Å². The monoisotopic (exact) mass is 742 g/mol. The summed E-state index contributed by atoms with van der Waals surface area (Å²) in [5.74, 6) is -7.12. The van der Waals surface area contributed by atoms with E-state index in [1.807, 2.05) is 6.07 Å². The van der Waals surface area contributed by atoms with Crippen molar-refractivity contribution in [3.8, 4) is 0 Å². The van der Waals surface area contributed by atoms with E-state index in [1.54, 1.807) is 45.0 Å². The number of carbonyl (C=O) groups is 6. The van der Waals surface area contributed by atoms with Crippen molar-refractivity contribution in [3.63, 3.8) is 0 Å². The standard InChI is InChI=1S/C16H19N3O4S.C14H17N3O7S.Na/c1-16(2)11(15(22)23)19-13(21)10(14(19)24-16)18-12(20)9(17)8-6-4-3-5-7-8;1-3-24-13(21)7-5-17(16-15-7)6-14(2)11(12(19)20)10-8(18)4-9(10)25(14,22)23;/h3-7,9-11,14H,17H2,1-2H3,(H,18,20)(H,22,23);5,9-11H,3-4,6H2,1-2H3,(H,19,20);/q;;+1/p-1/t9?,10-,11+,14-;9?,10?,11-,14-;/m10./s1. The van der Waals surface area contributed by atoms with E-state index in [0.29, 0.717) is 5.56 Å². The molecular formula is C30H35N6NaO11S2.